The van der Waals surface area contributed by atoms with Crippen LogP contribution in [0.5, 0.6) is 0 Å². The molecule has 0 bridgehead atoms. The summed E-state index contributed by atoms with van der Waals surface area (Å²) in [6.07, 6.45) is 7.72. The van der Waals surface area contributed by atoms with Gasteiger partial charge in [0.25, 0.3) is 0 Å². The van der Waals surface area contributed by atoms with E-state index in [2.05, 4.69) is 0 Å². The van der Waals surface area contributed by atoms with Gasteiger partial charge in [0.15, 0.2) is 0 Å². The SMILES string of the molecule is CC(C)C(CCCCCCCCC(C(C)C)S(=O)[O-])S(=O)[O-]. The van der Waals surface area contributed by atoms with Gasteiger partial charge in [-0.2, -0.15) is 0 Å². The zero-order chi connectivity index (χ0) is 17.1. The van der Waals surface area contributed by atoms with Crippen LogP contribution in [0.4, 0.5) is 0 Å². The Morgan fingerprint density at radius 1 is 0.636 bits per heavy atom. The van der Waals surface area contributed by atoms with E-state index in [0.29, 0.717) is 0 Å². The van der Waals surface area contributed by atoms with Gasteiger partial charge in [-0.15, -0.1) is 0 Å². The van der Waals surface area contributed by atoms with E-state index in [1.165, 1.54) is 0 Å². The van der Waals surface area contributed by atoms with Crippen LogP contribution < -0.4 is 0 Å². The largest absolute Gasteiger partial charge is 0.772 e. The molecule has 0 saturated carbocycles. The smallest absolute Gasteiger partial charge is 0.0238 e. The number of unbranched alkanes of at least 4 members (excludes halogenated alkanes) is 5. The fourth-order valence-electron chi connectivity index (χ4n) is 2.70. The van der Waals surface area contributed by atoms with E-state index in [-0.39, 0.29) is 22.3 Å². The van der Waals surface area contributed by atoms with Gasteiger partial charge < -0.3 is 9.11 Å². The summed E-state index contributed by atoms with van der Waals surface area (Å²) in [5.74, 6) is 0.360. The summed E-state index contributed by atoms with van der Waals surface area (Å²) in [6, 6.07) is 0. The molecule has 0 fully saturated rings. The van der Waals surface area contributed by atoms with Crippen molar-refractivity contribution >= 4 is 22.2 Å². The molecule has 0 spiro atoms. The molecule has 4 atom stereocenters. The first-order valence-electron chi connectivity index (χ1n) is 8.43. The van der Waals surface area contributed by atoms with Crippen LogP contribution in [0.1, 0.15) is 79.1 Å². The second-order valence-electron chi connectivity index (χ2n) is 6.78. The Labute approximate surface area is 141 Å². The molecule has 0 N–H and O–H groups in total. The molecule has 0 aliphatic carbocycles. The first-order valence-corrected chi connectivity index (χ1v) is 10.7. The third-order valence-electron chi connectivity index (χ3n) is 4.21. The Bertz CT molecular complexity index is 300. The highest BCUT2D eigenvalue weighted by atomic mass is 32.2. The van der Waals surface area contributed by atoms with Gasteiger partial charge in [0.2, 0.25) is 0 Å². The predicted molar refractivity (Wildman–Crippen MR) is 92.0 cm³/mol. The number of rotatable bonds is 13. The average molecular weight is 353 g/mol. The zero-order valence-corrected chi connectivity index (χ0v) is 16.0. The van der Waals surface area contributed by atoms with Crippen molar-refractivity contribution in [3.63, 3.8) is 0 Å². The summed E-state index contributed by atoms with van der Waals surface area (Å²) in [6.45, 7) is 7.80. The summed E-state index contributed by atoms with van der Waals surface area (Å²) < 4.78 is 44.3. The van der Waals surface area contributed by atoms with Crippen molar-refractivity contribution in [1.29, 1.82) is 0 Å². The lowest BCUT2D eigenvalue weighted by atomic mass is 10.0. The lowest BCUT2D eigenvalue weighted by molar-refractivity contribution is 0.453. The van der Waals surface area contributed by atoms with E-state index in [1.807, 2.05) is 27.7 Å². The summed E-state index contributed by atoms with van der Waals surface area (Å²) in [7, 11) is 0. The minimum atomic E-state index is -1.97. The molecule has 0 rings (SSSR count). The van der Waals surface area contributed by atoms with E-state index in [4.69, 9.17) is 0 Å². The maximum Gasteiger partial charge on any atom is 0.0238 e. The van der Waals surface area contributed by atoms with E-state index in [0.717, 1.165) is 51.4 Å². The Morgan fingerprint density at radius 3 is 1.14 bits per heavy atom. The monoisotopic (exact) mass is 352 g/mol. The molecular formula is C16H32O4S2-2. The molecule has 6 heteroatoms. The summed E-state index contributed by atoms with van der Waals surface area (Å²) in [4.78, 5) is 0. The van der Waals surface area contributed by atoms with E-state index in [9.17, 15) is 17.5 Å². The van der Waals surface area contributed by atoms with Crippen LogP contribution >= 0.6 is 0 Å². The highest BCUT2D eigenvalue weighted by Gasteiger charge is 2.14. The topological polar surface area (TPSA) is 80.3 Å². The molecular weight excluding hydrogens is 320 g/mol. The van der Waals surface area contributed by atoms with Crippen molar-refractivity contribution < 1.29 is 17.5 Å². The standard InChI is InChI=1S/C16H34O4S2/c1-13(2)15(21(17)18)11-9-7-5-6-8-10-12-16(14(3)4)22(19)20/h13-16H,5-12H2,1-4H3,(H,17,18)(H,19,20)/p-2. The van der Waals surface area contributed by atoms with Crippen molar-refractivity contribution in [2.24, 2.45) is 11.8 Å². The Balaban J connectivity index is 3.66. The van der Waals surface area contributed by atoms with Crippen LogP contribution in [0, 0.1) is 11.8 Å². The molecule has 0 heterocycles. The quantitative estimate of drug-likeness (QED) is 0.372. The molecule has 0 saturated heterocycles. The minimum Gasteiger partial charge on any atom is -0.772 e. The molecule has 0 aliphatic heterocycles. The second-order valence-corrected chi connectivity index (χ2v) is 9.04. The molecule has 0 aromatic carbocycles. The van der Waals surface area contributed by atoms with Crippen molar-refractivity contribution in [2.75, 3.05) is 0 Å². The van der Waals surface area contributed by atoms with Crippen LogP contribution in [0.25, 0.3) is 0 Å². The first-order chi connectivity index (χ1) is 10.3. The van der Waals surface area contributed by atoms with Crippen molar-refractivity contribution in [2.45, 2.75) is 89.6 Å². The van der Waals surface area contributed by atoms with Crippen LogP contribution in [0.2, 0.25) is 0 Å². The lowest BCUT2D eigenvalue weighted by Crippen LogP contribution is -2.21. The third kappa shape index (κ3) is 10.1. The maximum absolute atomic E-state index is 11.1. The summed E-state index contributed by atoms with van der Waals surface area (Å²) >= 11 is -3.93. The van der Waals surface area contributed by atoms with Gasteiger partial charge >= 0.3 is 0 Å². The van der Waals surface area contributed by atoms with E-state index >= 15 is 0 Å². The average Bonchev–Trinajstić information content (AvgIpc) is 2.38. The number of hydrogen-bond acceptors (Lipinski definition) is 4. The van der Waals surface area contributed by atoms with Gasteiger partial charge in [0, 0.05) is 10.5 Å². The highest BCUT2D eigenvalue weighted by molar-refractivity contribution is 7.80. The van der Waals surface area contributed by atoms with Gasteiger partial charge in [-0.1, -0.05) is 88.4 Å². The molecule has 4 unspecified atom stereocenters. The van der Waals surface area contributed by atoms with Crippen LogP contribution in [0.3, 0.4) is 0 Å². The van der Waals surface area contributed by atoms with E-state index in [1.54, 1.807) is 0 Å². The summed E-state index contributed by atoms with van der Waals surface area (Å²) in [5.41, 5.74) is 0. The van der Waals surface area contributed by atoms with Crippen LogP contribution in [-0.2, 0) is 22.2 Å². The summed E-state index contributed by atoms with van der Waals surface area (Å²) in [5, 5.41) is -0.447. The Morgan fingerprint density at radius 2 is 0.909 bits per heavy atom. The normalized spacial score (nSPS) is 17.6. The van der Waals surface area contributed by atoms with Gasteiger partial charge in [0.05, 0.1) is 0 Å². The highest BCUT2D eigenvalue weighted by Crippen LogP contribution is 2.19. The van der Waals surface area contributed by atoms with Crippen LogP contribution in [-0.4, -0.2) is 28.0 Å². The molecule has 0 radical (unpaired) electrons. The third-order valence-corrected chi connectivity index (χ3v) is 6.76. The molecule has 22 heavy (non-hydrogen) atoms. The molecule has 134 valence electrons. The van der Waals surface area contributed by atoms with Crippen molar-refractivity contribution in [3.05, 3.63) is 0 Å². The molecule has 0 aromatic rings. The fraction of sp³-hybridized carbons (Fsp3) is 1.00. The minimum absolute atomic E-state index is 0.180. The van der Waals surface area contributed by atoms with Crippen molar-refractivity contribution in [1.82, 2.24) is 0 Å². The van der Waals surface area contributed by atoms with Gasteiger partial charge in [-0.3, -0.25) is 8.42 Å². The lowest BCUT2D eigenvalue weighted by Gasteiger charge is -2.23. The molecule has 4 nitrogen and oxygen atoms in total. The van der Waals surface area contributed by atoms with Gasteiger partial charge in [-0.25, -0.2) is 0 Å². The molecule has 0 amide bonds. The van der Waals surface area contributed by atoms with E-state index < -0.39 is 22.2 Å². The fourth-order valence-corrected chi connectivity index (χ4v) is 4.31. The predicted octanol–water partition coefficient (Wildman–Crippen LogP) is 3.91. The zero-order valence-electron chi connectivity index (χ0n) is 14.4. The first kappa shape index (κ1) is 22.2. The van der Waals surface area contributed by atoms with Gasteiger partial charge in [0.1, 0.15) is 0 Å². The van der Waals surface area contributed by atoms with Crippen LogP contribution in [0.15, 0.2) is 0 Å². The molecule has 0 aromatic heterocycles. The van der Waals surface area contributed by atoms with Crippen molar-refractivity contribution in [3.8, 4) is 0 Å². The van der Waals surface area contributed by atoms with Gasteiger partial charge in [-0.05, 0) is 24.7 Å². The Kier molecular flexibility index (Phi) is 12.7. The maximum atomic E-state index is 11.1. The second kappa shape index (κ2) is 12.6. The molecule has 0 aliphatic rings. The Hall–Kier alpha value is 0.220. The number of hydrogen-bond donors (Lipinski definition) is 0.